The fourth-order valence-electron chi connectivity index (χ4n) is 1.64. The number of aromatic nitrogens is 2. The Morgan fingerprint density at radius 3 is 3.25 bits per heavy atom. The molecule has 0 amide bonds. The van der Waals surface area contributed by atoms with Gasteiger partial charge in [-0.2, -0.15) is 22.0 Å². The van der Waals surface area contributed by atoms with Crippen LogP contribution in [0.4, 0.5) is 0 Å². The highest BCUT2D eigenvalue weighted by Crippen LogP contribution is 2.38. The molecule has 0 aromatic carbocycles. The molecule has 2 rings (SSSR count). The van der Waals surface area contributed by atoms with Crippen molar-refractivity contribution in [3.8, 4) is 6.07 Å². The number of nitrogens with zero attached hydrogens (tertiary/aromatic N) is 3. The molecule has 0 aliphatic carbocycles. The number of nitriles is 1. The number of thioether (sulfide) groups is 1. The molecule has 86 valence electrons. The summed E-state index contributed by atoms with van der Waals surface area (Å²) in [5, 5.41) is 22.1. The highest BCUT2D eigenvalue weighted by molar-refractivity contribution is 7.99. The van der Waals surface area contributed by atoms with Crippen LogP contribution in [-0.2, 0) is 6.42 Å². The summed E-state index contributed by atoms with van der Waals surface area (Å²) in [6.45, 7) is 0. The van der Waals surface area contributed by atoms with Crippen molar-refractivity contribution < 1.29 is 9.63 Å². The first-order chi connectivity index (χ1) is 7.79. The Hall–Kier alpha value is -1.06. The lowest BCUT2D eigenvalue weighted by molar-refractivity contribution is 0.167. The van der Waals surface area contributed by atoms with Crippen molar-refractivity contribution in [2.45, 2.75) is 37.0 Å². The number of aliphatic hydroxyl groups is 1. The molecule has 1 aliphatic rings. The van der Waals surface area contributed by atoms with Gasteiger partial charge in [0.25, 0.3) is 0 Å². The van der Waals surface area contributed by atoms with Crippen LogP contribution < -0.4 is 0 Å². The summed E-state index contributed by atoms with van der Waals surface area (Å²) in [5.74, 6) is 2.29. The van der Waals surface area contributed by atoms with Gasteiger partial charge < -0.3 is 9.63 Å². The molecule has 1 aliphatic heterocycles. The SMILES string of the molecule is N#CCC(O)Cc1nc(C2CCCS2)no1. The normalized spacial score (nSPS) is 21.9. The van der Waals surface area contributed by atoms with E-state index >= 15 is 0 Å². The van der Waals surface area contributed by atoms with Gasteiger partial charge in [-0.1, -0.05) is 5.16 Å². The molecule has 0 radical (unpaired) electrons. The van der Waals surface area contributed by atoms with Crippen LogP contribution in [0.15, 0.2) is 4.52 Å². The van der Waals surface area contributed by atoms with Crippen LogP contribution in [0, 0.1) is 11.3 Å². The van der Waals surface area contributed by atoms with E-state index < -0.39 is 6.10 Å². The van der Waals surface area contributed by atoms with Crippen LogP contribution >= 0.6 is 11.8 Å². The van der Waals surface area contributed by atoms with Crippen molar-refractivity contribution in [2.75, 3.05) is 5.75 Å². The molecule has 2 unspecified atom stereocenters. The van der Waals surface area contributed by atoms with E-state index in [-0.39, 0.29) is 12.8 Å². The maximum atomic E-state index is 9.42. The number of rotatable bonds is 4. The Bertz CT molecular complexity index is 382. The summed E-state index contributed by atoms with van der Waals surface area (Å²) >= 11 is 1.84. The maximum absolute atomic E-state index is 9.42. The molecule has 6 heteroatoms. The van der Waals surface area contributed by atoms with Crippen molar-refractivity contribution in [2.24, 2.45) is 0 Å². The topological polar surface area (TPSA) is 82.9 Å². The summed E-state index contributed by atoms with van der Waals surface area (Å²) < 4.78 is 5.05. The fraction of sp³-hybridized carbons (Fsp3) is 0.700. The van der Waals surface area contributed by atoms with Gasteiger partial charge in [0.15, 0.2) is 5.82 Å². The van der Waals surface area contributed by atoms with Gasteiger partial charge in [-0.05, 0) is 18.6 Å². The molecule has 1 fully saturated rings. The second-order valence-corrected chi connectivity index (χ2v) is 5.08. The molecule has 1 N–H and O–H groups in total. The van der Waals surface area contributed by atoms with Crippen LogP contribution in [0.3, 0.4) is 0 Å². The van der Waals surface area contributed by atoms with Crippen LogP contribution in [0.1, 0.15) is 36.2 Å². The third-order valence-corrected chi connectivity index (χ3v) is 3.81. The van der Waals surface area contributed by atoms with Gasteiger partial charge in [-0.25, -0.2) is 0 Å². The third kappa shape index (κ3) is 2.74. The van der Waals surface area contributed by atoms with Crippen LogP contribution in [-0.4, -0.2) is 27.1 Å². The zero-order valence-electron chi connectivity index (χ0n) is 8.80. The van der Waals surface area contributed by atoms with E-state index in [1.54, 1.807) is 0 Å². The lowest BCUT2D eigenvalue weighted by Gasteiger charge is -2.01. The minimum Gasteiger partial charge on any atom is -0.392 e. The van der Waals surface area contributed by atoms with E-state index in [1.807, 2.05) is 17.8 Å². The molecule has 0 spiro atoms. The van der Waals surface area contributed by atoms with Crippen LogP contribution in [0.2, 0.25) is 0 Å². The van der Waals surface area contributed by atoms with Gasteiger partial charge in [-0.15, -0.1) is 0 Å². The quantitative estimate of drug-likeness (QED) is 0.856. The molecule has 5 nitrogen and oxygen atoms in total. The van der Waals surface area contributed by atoms with E-state index in [0.717, 1.165) is 18.0 Å². The minimum absolute atomic E-state index is 0.0931. The molecule has 2 heterocycles. The minimum atomic E-state index is -0.713. The van der Waals surface area contributed by atoms with Crippen LogP contribution in [0.25, 0.3) is 0 Å². The number of hydrogen-bond donors (Lipinski definition) is 1. The lowest BCUT2D eigenvalue weighted by Crippen LogP contribution is -2.09. The number of aliphatic hydroxyl groups excluding tert-OH is 1. The van der Waals surface area contributed by atoms with E-state index in [4.69, 9.17) is 9.78 Å². The lowest BCUT2D eigenvalue weighted by atomic mass is 10.2. The van der Waals surface area contributed by atoms with Crippen molar-refractivity contribution in [3.05, 3.63) is 11.7 Å². The van der Waals surface area contributed by atoms with E-state index in [9.17, 15) is 5.11 Å². The predicted octanol–water partition coefficient (Wildman–Crippen LogP) is 1.45. The predicted molar refractivity (Wildman–Crippen MR) is 58.7 cm³/mol. The molecule has 2 atom stereocenters. The van der Waals surface area contributed by atoms with E-state index in [2.05, 4.69) is 10.1 Å². The Labute approximate surface area is 97.8 Å². The van der Waals surface area contributed by atoms with Gasteiger partial charge in [0.2, 0.25) is 5.89 Å². The van der Waals surface area contributed by atoms with Crippen LogP contribution in [0.5, 0.6) is 0 Å². The second-order valence-electron chi connectivity index (χ2n) is 3.77. The standard InChI is InChI=1S/C10H13N3O2S/c11-4-3-7(14)6-9-12-10(13-15-9)8-2-1-5-16-8/h7-8,14H,1-3,5-6H2. The zero-order chi connectivity index (χ0) is 11.4. The highest BCUT2D eigenvalue weighted by Gasteiger charge is 2.23. The molecular weight excluding hydrogens is 226 g/mol. The molecule has 0 bridgehead atoms. The van der Waals surface area contributed by atoms with Gasteiger partial charge in [0.05, 0.1) is 30.3 Å². The van der Waals surface area contributed by atoms with E-state index in [1.165, 1.54) is 6.42 Å². The number of hydrogen-bond acceptors (Lipinski definition) is 6. The Morgan fingerprint density at radius 1 is 1.69 bits per heavy atom. The summed E-state index contributed by atoms with van der Waals surface area (Å²) in [7, 11) is 0. The Morgan fingerprint density at radius 2 is 2.56 bits per heavy atom. The summed E-state index contributed by atoms with van der Waals surface area (Å²) in [5.41, 5.74) is 0. The molecule has 0 saturated carbocycles. The van der Waals surface area contributed by atoms with Gasteiger partial charge >= 0.3 is 0 Å². The monoisotopic (exact) mass is 239 g/mol. The average Bonchev–Trinajstić information content (AvgIpc) is 2.86. The molecular formula is C10H13N3O2S. The Balaban J connectivity index is 1.94. The molecule has 16 heavy (non-hydrogen) atoms. The first kappa shape index (κ1) is 11.4. The zero-order valence-corrected chi connectivity index (χ0v) is 9.61. The first-order valence-corrected chi connectivity index (χ1v) is 6.33. The van der Waals surface area contributed by atoms with Gasteiger partial charge in [-0.3, -0.25) is 0 Å². The summed E-state index contributed by atoms with van der Waals surface area (Å²) in [6.07, 6.45) is 1.92. The maximum Gasteiger partial charge on any atom is 0.229 e. The molecule has 1 aromatic rings. The third-order valence-electron chi connectivity index (χ3n) is 2.44. The highest BCUT2D eigenvalue weighted by atomic mass is 32.2. The summed E-state index contributed by atoms with van der Waals surface area (Å²) in [6, 6.07) is 1.91. The molecule has 1 saturated heterocycles. The summed E-state index contributed by atoms with van der Waals surface area (Å²) in [4.78, 5) is 4.25. The van der Waals surface area contributed by atoms with Crippen molar-refractivity contribution in [3.63, 3.8) is 0 Å². The molecule has 1 aromatic heterocycles. The largest absolute Gasteiger partial charge is 0.392 e. The van der Waals surface area contributed by atoms with Gasteiger partial charge in [0, 0.05) is 0 Å². The smallest absolute Gasteiger partial charge is 0.229 e. The van der Waals surface area contributed by atoms with Gasteiger partial charge in [0.1, 0.15) is 0 Å². The Kier molecular flexibility index (Phi) is 3.80. The van der Waals surface area contributed by atoms with Crippen molar-refractivity contribution in [1.29, 1.82) is 5.26 Å². The average molecular weight is 239 g/mol. The fourth-order valence-corrected chi connectivity index (χ4v) is 2.84. The van der Waals surface area contributed by atoms with E-state index in [0.29, 0.717) is 11.1 Å². The first-order valence-electron chi connectivity index (χ1n) is 5.28. The van der Waals surface area contributed by atoms with Crippen molar-refractivity contribution >= 4 is 11.8 Å². The second kappa shape index (κ2) is 5.32. The van der Waals surface area contributed by atoms with Crippen molar-refractivity contribution in [1.82, 2.24) is 10.1 Å².